The summed E-state index contributed by atoms with van der Waals surface area (Å²) >= 11 is 0. The third kappa shape index (κ3) is 3.91. The first-order valence-corrected chi connectivity index (χ1v) is 7.87. The summed E-state index contributed by atoms with van der Waals surface area (Å²) in [6, 6.07) is 0. The van der Waals surface area contributed by atoms with E-state index in [1.54, 1.807) is 4.31 Å². The first kappa shape index (κ1) is 14.9. The zero-order valence-electron chi connectivity index (χ0n) is 10.9. The summed E-state index contributed by atoms with van der Waals surface area (Å²) in [5.41, 5.74) is 5.44. The number of hydrogen-bond acceptors (Lipinski definition) is 3. The molecule has 1 aliphatic rings. The third-order valence-electron chi connectivity index (χ3n) is 3.36. The van der Waals surface area contributed by atoms with Crippen molar-refractivity contribution >= 4 is 10.2 Å². The minimum atomic E-state index is -3.26. The van der Waals surface area contributed by atoms with Crippen molar-refractivity contribution in [3.63, 3.8) is 0 Å². The van der Waals surface area contributed by atoms with Gasteiger partial charge in [0.2, 0.25) is 0 Å². The number of nitrogens with zero attached hydrogens (tertiary/aromatic N) is 2. The maximum atomic E-state index is 12.3. The van der Waals surface area contributed by atoms with Gasteiger partial charge in [-0.25, -0.2) is 0 Å². The number of piperidine rings is 1. The largest absolute Gasteiger partial charge is 0.330 e. The van der Waals surface area contributed by atoms with E-state index in [-0.39, 0.29) is 0 Å². The molecule has 1 rings (SSSR count). The molecular weight excluding hydrogens is 238 g/mol. The van der Waals surface area contributed by atoms with Crippen molar-refractivity contribution in [1.29, 1.82) is 0 Å². The van der Waals surface area contributed by atoms with Crippen LogP contribution in [-0.2, 0) is 10.2 Å². The van der Waals surface area contributed by atoms with Gasteiger partial charge in [0, 0.05) is 26.2 Å². The van der Waals surface area contributed by atoms with Crippen molar-refractivity contribution < 1.29 is 8.42 Å². The Morgan fingerprint density at radius 1 is 1.35 bits per heavy atom. The van der Waals surface area contributed by atoms with Gasteiger partial charge in [-0.2, -0.15) is 17.0 Å². The summed E-state index contributed by atoms with van der Waals surface area (Å²) in [5.74, 6) is 0.639. The first-order valence-electron chi connectivity index (χ1n) is 6.47. The fraction of sp³-hybridized carbons (Fsp3) is 1.00. The molecule has 0 radical (unpaired) electrons. The van der Waals surface area contributed by atoms with E-state index in [2.05, 4.69) is 6.92 Å². The summed E-state index contributed by atoms with van der Waals surface area (Å²) < 4.78 is 27.8. The van der Waals surface area contributed by atoms with Gasteiger partial charge in [-0.1, -0.05) is 13.8 Å². The lowest BCUT2D eigenvalue weighted by atomic mass is 10.0. The van der Waals surface area contributed by atoms with Gasteiger partial charge >= 0.3 is 0 Å². The molecule has 102 valence electrons. The van der Waals surface area contributed by atoms with Gasteiger partial charge in [-0.05, 0) is 31.7 Å². The lowest BCUT2D eigenvalue weighted by Gasteiger charge is -2.33. The van der Waals surface area contributed by atoms with E-state index < -0.39 is 10.2 Å². The predicted octanol–water partition coefficient (Wildman–Crippen LogP) is 0.634. The zero-order valence-corrected chi connectivity index (χ0v) is 11.7. The summed E-state index contributed by atoms with van der Waals surface area (Å²) in [6.45, 7) is 6.95. The van der Waals surface area contributed by atoms with Crippen LogP contribution in [0.1, 0.15) is 33.1 Å². The molecule has 0 atom stereocenters. The topological polar surface area (TPSA) is 66.6 Å². The van der Waals surface area contributed by atoms with Crippen LogP contribution in [0.5, 0.6) is 0 Å². The minimum Gasteiger partial charge on any atom is -0.330 e. The molecule has 0 spiro atoms. The SMILES string of the molecule is CCN(CCCN)S(=O)(=O)N1CCC(C)CC1. The van der Waals surface area contributed by atoms with Crippen LogP contribution in [0.3, 0.4) is 0 Å². The third-order valence-corrected chi connectivity index (χ3v) is 5.47. The monoisotopic (exact) mass is 263 g/mol. The van der Waals surface area contributed by atoms with Gasteiger partial charge in [-0.15, -0.1) is 0 Å². The molecule has 0 bridgehead atoms. The van der Waals surface area contributed by atoms with Crippen molar-refractivity contribution in [2.24, 2.45) is 11.7 Å². The van der Waals surface area contributed by atoms with Gasteiger partial charge in [0.05, 0.1) is 0 Å². The van der Waals surface area contributed by atoms with Crippen molar-refractivity contribution in [1.82, 2.24) is 8.61 Å². The van der Waals surface area contributed by atoms with E-state index in [0.29, 0.717) is 38.6 Å². The summed E-state index contributed by atoms with van der Waals surface area (Å²) in [5, 5.41) is 0. The van der Waals surface area contributed by atoms with E-state index >= 15 is 0 Å². The van der Waals surface area contributed by atoms with Crippen LogP contribution < -0.4 is 5.73 Å². The molecule has 17 heavy (non-hydrogen) atoms. The Balaban J connectivity index is 2.64. The highest BCUT2D eigenvalue weighted by atomic mass is 32.2. The fourth-order valence-corrected chi connectivity index (χ4v) is 3.77. The summed E-state index contributed by atoms with van der Waals surface area (Å²) in [4.78, 5) is 0. The minimum absolute atomic E-state index is 0.522. The molecule has 2 N–H and O–H groups in total. The van der Waals surface area contributed by atoms with Crippen LogP contribution in [0.2, 0.25) is 0 Å². The second kappa shape index (κ2) is 6.68. The number of hydrogen-bond donors (Lipinski definition) is 1. The molecule has 1 saturated heterocycles. The maximum Gasteiger partial charge on any atom is 0.281 e. The van der Waals surface area contributed by atoms with Crippen LogP contribution in [-0.4, -0.2) is 49.8 Å². The molecule has 0 aromatic rings. The molecule has 1 aliphatic heterocycles. The lowest BCUT2D eigenvalue weighted by molar-refractivity contribution is 0.265. The van der Waals surface area contributed by atoms with Crippen molar-refractivity contribution in [2.45, 2.75) is 33.1 Å². The highest BCUT2D eigenvalue weighted by Gasteiger charge is 2.30. The molecule has 0 saturated carbocycles. The molecule has 0 aromatic heterocycles. The molecule has 0 aliphatic carbocycles. The summed E-state index contributed by atoms with van der Waals surface area (Å²) in [6.07, 6.45) is 2.65. The van der Waals surface area contributed by atoms with Crippen LogP contribution >= 0.6 is 0 Å². The molecule has 6 heteroatoms. The number of rotatable bonds is 6. The van der Waals surface area contributed by atoms with Crippen molar-refractivity contribution in [3.05, 3.63) is 0 Å². The van der Waals surface area contributed by atoms with Crippen molar-refractivity contribution in [3.8, 4) is 0 Å². The molecule has 0 aromatic carbocycles. The van der Waals surface area contributed by atoms with E-state index in [0.717, 1.165) is 19.3 Å². The Morgan fingerprint density at radius 2 is 1.94 bits per heavy atom. The van der Waals surface area contributed by atoms with Crippen LogP contribution in [0.4, 0.5) is 0 Å². The Morgan fingerprint density at radius 3 is 2.41 bits per heavy atom. The quantitative estimate of drug-likeness (QED) is 0.764. The van der Waals surface area contributed by atoms with Gasteiger partial charge < -0.3 is 5.73 Å². The molecule has 1 fully saturated rings. The van der Waals surface area contributed by atoms with Crippen LogP contribution in [0.15, 0.2) is 0 Å². The van der Waals surface area contributed by atoms with Crippen LogP contribution in [0, 0.1) is 5.92 Å². The molecule has 5 nitrogen and oxygen atoms in total. The normalized spacial score (nSPS) is 20.0. The highest BCUT2D eigenvalue weighted by molar-refractivity contribution is 7.86. The molecule has 0 amide bonds. The lowest BCUT2D eigenvalue weighted by Crippen LogP contribution is -2.47. The Labute approximate surface area is 105 Å². The van der Waals surface area contributed by atoms with Crippen molar-refractivity contribution in [2.75, 3.05) is 32.7 Å². The second-order valence-electron chi connectivity index (χ2n) is 4.72. The number of nitrogens with two attached hydrogens (primary N) is 1. The van der Waals surface area contributed by atoms with E-state index in [1.165, 1.54) is 4.31 Å². The molecule has 1 heterocycles. The van der Waals surface area contributed by atoms with Gasteiger partial charge in [0.1, 0.15) is 0 Å². The van der Waals surface area contributed by atoms with Gasteiger partial charge in [-0.3, -0.25) is 0 Å². The average Bonchev–Trinajstić information content (AvgIpc) is 2.30. The smallest absolute Gasteiger partial charge is 0.281 e. The first-order chi connectivity index (χ1) is 8.02. The fourth-order valence-electron chi connectivity index (χ4n) is 2.08. The van der Waals surface area contributed by atoms with E-state index in [1.807, 2.05) is 6.92 Å². The van der Waals surface area contributed by atoms with Crippen LogP contribution in [0.25, 0.3) is 0 Å². The highest BCUT2D eigenvalue weighted by Crippen LogP contribution is 2.20. The van der Waals surface area contributed by atoms with Gasteiger partial charge in [0.15, 0.2) is 0 Å². The Kier molecular flexibility index (Phi) is 5.85. The maximum absolute atomic E-state index is 12.3. The summed E-state index contributed by atoms with van der Waals surface area (Å²) in [7, 11) is -3.26. The van der Waals surface area contributed by atoms with Gasteiger partial charge in [0.25, 0.3) is 10.2 Å². The standard InChI is InChI=1S/C11H25N3O2S/c1-3-13(8-4-7-12)17(15,16)14-9-5-11(2)6-10-14/h11H,3-10,12H2,1-2H3. The predicted molar refractivity (Wildman–Crippen MR) is 69.8 cm³/mol. The molecule has 0 unspecified atom stereocenters. The Bertz CT molecular complexity index is 300. The van der Waals surface area contributed by atoms with E-state index in [9.17, 15) is 8.42 Å². The molecular formula is C11H25N3O2S. The zero-order chi connectivity index (χ0) is 12.9. The second-order valence-corrected chi connectivity index (χ2v) is 6.65. The van der Waals surface area contributed by atoms with E-state index in [4.69, 9.17) is 5.73 Å². The average molecular weight is 263 g/mol. The Hall–Kier alpha value is -0.170.